The number of anilines is 1. The summed E-state index contributed by atoms with van der Waals surface area (Å²) in [6.45, 7) is 6.07. The molecule has 0 aromatic heterocycles. The highest BCUT2D eigenvalue weighted by atomic mass is 32.2. The van der Waals surface area contributed by atoms with E-state index in [1.54, 1.807) is 24.3 Å². The second kappa shape index (κ2) is 17.0. The molecule has 0 amide bonds. The summed E-state index contributed by atoms with van der Waals surface area (Å²) in [5.74, 6) is 0.832. The first kappa shape index (κ1) is 28.5. The van der Waals surface area contributed by atoms with Crippen molar-refractivity contribution in [3.05, 3.63) is 24.3 Å². The average Bonchev–Trinajstić information content (AvgIpc) is 2.78. The molecule has 6 heteroatoms. The minimum atomic E-state index is -3.32. The Hall–Kier alpha value is -1.56. The van der Waals surface area contributed by atoms with Crippen LogP contribution in [0.3, 0.4) is 0 Å². The maximum atomic E-state index is 12.3. The van der Waals surface area contributed by atoms with Crippen molar-refractivity contribution in [2.45, 2.75) is 117 Å². The number of rotatable bonds is 20. The molecule has 0 bridgehead atoms. The molecule has 5 nitrogen and oxygen atoms in total. The number of hydrogen-bond acceptors (Lipinski definition) is 4. The Morgan fingerprint density at radius 3 is 1.88 bits per heavy atom. The summed E-state index contributed by atoms with van der Waals surface area (Å²) in [5.41, 5.74) is 0.515. The van der Waals surface area contributed by atoms with E-state index < -0.39 is 16.1 Å². The molecule has 1 rings (SSSR count). The van der Waals surface area contributed by atoms with E-state index >= 15 is 0 Å². The van der Waals surface area contributed by atoms with Crippen LogP contribution < -0.4 is 9.46 Å². The first-order valence-corrected chi connectivity index (χ1v) is 14.4. The van der Waals surface area contributed by atoms with Crippen LogP contribution in [0, 0.1) is 0 Å². The standard InChI is InChI=1S/C26H45NO4S/c1-4-7-9-10-11-12-13-14-15-16-17-26(25(28)6-3)31-24-20-18-23(19-21-24)27-32(29,30)22-8-5-2/h18-21,26-27H,4-17,22H2,1-3H3. The Labute approximate surface area is 196 Å². The van der Waals surface area contributed by atoms with Gasteiger partial charge in [0.1, 0.15) is 5.75 Å². The minimum absolute atomic E-state index is 0.116. The van der Waals surface area contributed by atoms with Gasteiger partial charge in [0.2, 0.25) is 10.0 Å². The highest BCUT2D eigenvalue weighted by Crippen LogP contribution is 2.21. The molecule has 0 radical (unpaired) electrons. The first-order chi connectivity index (χ1) is 15.4. The highest BCUT2D eigenvalue weighted by molar-refractivity contribution is 7.92. The summed E-state index contributed by atoms with van der Waals surface area (Å²) in [5, 5.41) is 0. The zero-order valence-electron chi connectivity index (χ0n) is 20.5. The summed E-state index contributed by atoms with van der Waals surface area (Å²) in [4.78, 5) is 12.3. The van der Waals surface area contributed by atoms with Gasteiger partial charge in [0.25, 0.3) is 0 Å². The van der Waals surface area contributed by atoms with Gasteiger partial charge in [0.15, 0.2) is 11.9 Å². The van der Waals surface area contributed by atoms with E-state index in [0.29, 0.717) is 24.3 Å². The van der Waals surface area contributed by atoms with Crippen LogP contribution in [0.1, 0.15) is 111 Å². The molecule has 1 aromatic carbocycles. The summed E-state index contributed by atoms with van der Waals surface area (Å²) in [6, 6.07) is 6.83. The van der Waals surface area contributed by atoms with Crippen molar-refractivity contribution >= 4 is 21.5 Å². The van der Waals surface area contributed by atoms with Crippen molar-refractivity contribution in [2.75, 3.05) is 10.5 Å². The van der Waals surface area contributed by atoms with E-state index in [9.17, 15) is 13.2 Å². The predicted molar refractivity (Wildman–Crippen MR) is 135 cm³/mol. The summed E-state index contributed by atoms with van der Waals surface area (Å²) < 4.78 is 32.6. The topological polar surface area (TPSA) is 72.5 Å². The van der Waals surface area contributed by atoms with Crippen molar-refractivity contribution in [1.29, 1.82) is 0 Å². The molecule has 0 aliphatic heterocycles. The Bertz CT molecular complexity index is 716. The molecule has 0 aliphatic carbocycles. The number of ether oxygens (including phenoxy) is 1. The van der Waals surface area contributed by atoms with Gasteiger partial charge in [-0.25, -0.2) is 8.42 Å². The fourth-order valence-corrected chi connectivity index (χ4v) is 4.93. The molecule has 0 heterocycles. The van der Waals surface area contributed by atoms with E-state index in [1.807, 2.05) is 13.8 Å². The fraction of sp³-hybridized carbons (Fsp3) is 0.731. The SMILES string of the molecule is CCCCCCCCCCCCC(Oc1ccc(NS(=O)(=O)CCCC)cc1)C(=O)CC. The van der Waals surface area contributed by atoms with Crippen LogP contribution in [0.2, 0.25) is 0 Å². The van der Waals surface area contributed by atoms with Crippen molar-refractivity contribution in [2.24, 2.45) is 0 Å². The second-order valence-corrected chi connectivity index (χ2v) is 10.5. The third-order valence-electron chi connectivity index (χ3n) is 5.70. The Balaban J connectivity index is 2.40. The Morgan fingerprint density at radius 2 is 1.34 bits per heavy atom. The molecule has 0 spiro atoms. The molecule has 1 atom stereocenters. The molecule has 32 heavy (non-hydrogen) atoms. The van der Waals surface area contributed by atoms with Gasteiger partial charge in [-0.3, -0.25) is 9.52 Å². The maximum absolute atomic E-state index is 12.3. The molecule has 0 fully saturated rings. The number of benzene rings is 1. The van der Waals surface area contributed by atoms with Gasteiger partial charge < -0.3 is 4.74 Å². The minimum Gasteiger partial charge on any atom is -0.483 e. The van der Waals surface area contributed by atoms with Gasteiger partial charge in [0.05, 0.1) is 5.75 Å². The molecule has 0 saturated carbocycles. The number of carbonyl (C=O) groups is 1. The molecule has 184 valence electrons. The Kier molecular flexibility index (Phi) is 15.1. The normalized spacial score (nSPS) is 12.5. The summed E-state index contributed by atoms with van der Waals surface area (Å²) >= 11 is 0. The molecular weight excluding hydrogens is 422 g/mol. The Morgan fingerprint density at radius 1 is 0.812 bits per heavy atom. The molecule has 0 saturated heterocycles. The van der Waals surface area contributed by atoms with Gasteiger partial charge in [-0.2, -0.15) is 0 Å². The molecular formula is C26H45NO4S. The van der Waals surface area contributed by atoms with Gasteiger partial charge in [-0.1, -0.05) is 85.0 Å². The third kappa shape index (κ3) is 13.1. The van der Waals surface area contributed by atoms with Crippen LogP contribution in [0.4, 0.5) is 5.69 Å². The van der Waals surface area contributed by atoms with E-state index in [0.717, 1.165) is 25.7 Å². The van der Waals surface area contributed by atoms with Crippen LogP contribution in [0.5, 0.6) is 5.75 Å². The molecule has 1 unspecified atom stereocenters. The van der Waals surface area contributed by atoms with Crippen molar-refractivity contribution < 1.29 is 17.9 Å². The number of sulfonamides is 1. The number of hydrogen-bond donors (Lipinski definition) is 1. The number of nitrogens with one attached hydrogen (secondary N) is 1. The number of unbranched alkanes of at least 4 members (excludes halogenated alkanes) is 10. The monoisotopic (exact) mass is 467 g/mol. The third-order valence-corrected chi connectivity index (χ3v) is 7.07. The van der Waals surface area contributed by atoms with E-state index in [4.69, 9.17) is 4.74 Å². The van der Waals surface area contributed by atoms with Crippen LogP contribution in [-0.2, 0) is 14.8 Å². The lowest BCUT2D eigenvalue weighted by molar-refractivity contribution is -0.125. The quantitative estimate of drug-likeness (QED) is 0.205. The van der Waals surface area contributed by atoms with Crippen molar-refractivity contribution in [1.82, 2.24) is 0 Å². The van der Waals surface area contributed by atoms with Crippen LogP contribution >= 0.6 is 0 Å². The molecule has 1 N–H and O–H groups in total. The van der Waals surface area contributed by atoms with E-state index in [1.165, 1.54) is 51.4 Å². The summed E-state index contributed by atoms with van der Waals surface area (Å²) in [6.07, 6.45) is 14.8. The molecule has 1 aromatic rings. The zero-order chi connectivity index (χ0) is 23.7. The van der Waals surface area contributed by atoms with Crippen LogP contribution in [-0.4, -0.2) is 26.1 Å². The first-order valence-electron chi connectivity index (χ1n) is 12.7. The molecule has 0 aliphatic rings. The van der Waals surface area contributed by atoms with Crippen molar-refractivity contribution in [3.63, 3.8) is 0 Å². The number of Topliss-reactive ketones (excluding diaryl/α,β-unsaturated/α-hetero) is 1. The van der Waals surface area contributed by atoms with Crippen LogP contribution in [0.25, 0.3) is 0 Å². The maximum Gasteiger partial charge on any atom is 0.232 e. The van der Waals surface area contributed by atoms with Gasteiger partial charge in [0, 0.05) is 12.1 Å². The number of carbonyl (C=O) groups excluding carboxylic acids is 1. The smallest absolute Gasteiger partial charge is 0.232 e. The van der Waals surface area contributed by atoms with Crippen LogP contribution in [0.15, 0.2) is 24.3 Å². The highest BCUT2D eigenvalue weighted by Gasteiger charge is 2.18. The lowest BCUT2D eigenvalue weighted by Gasteiger charge is -2.18. The largest absolute Gasteiger partial charge is 0.483 e. The summed E-state index contributed by atoms with van der Waals surface area (Å²) in [7, 11) is -3.32. The van der Waals surface area contributed by atoms with Gasteiger partial charge >= 0.3 is 0 Å². The van der Waals surface area contributed by atoms with Gasteiger partial charge in [-0.15, -0.1) is 0 Å². The lowest BCUT2D eigenvalue weighted by atomic mass is 10.0. The predicted octanol–water partition coefficient (Wildman–Crippen LogP) is 7.27. The van der Waals surface area contributed by atoms with Crippen molar-refractivity contribution in [3.8, 4) is 5.75 Å². The van der Waals surface area contributed by atoms with Gasteiger partial charge in [-0.05, 0) is 43.5 Å². The fourth-order valence-electron chi connectivity index (χ4n) is 3.66. The van der Waals surface area contributed by atoms with E-state index in [2.05, 4.69) is 11.6 Å². The zero-order valence-corrected chi connectivity index (χ0v) is 21.4. The average molecular weight is 468 g/mol. The number of ketones is 1. The second-order valence-electron chi connectivity index (χ2n) is 8.70. The lowest BCUT2D eigenvalue weighted by Crippen LogP contribution is -2.26. The van der Waals surface area contributed by atoms with E-state index in [-0.39, 0.29) is 11.5 Å².